The van der Waals surface area contributed by atoms with E-state index in [0.717, 1.165) is 12.2 Å². The zero-order valence-corrected chi connectivity index (χ0v) is 12.1. The van der Waals surface area contributed by atoms with Gasteiger partial charge in [0.2, 0.25) is 0 Å². The zero-order valence-electron chi connectivity index (χ0n) is 12.1. The van der Waals surface area contributed by atoms with Gasteiger partial charge in [-0.15, -0.1) is 0 Å². The number of carbonyl (C=O) groups is 1. The Morgan fingerprint density at radius 3 is 2.63 bits per heavy atom. The fourth-order valence-electron chi connectivity index (χ4n) is 1.87. The minimum atomic E-state index is -0.104. The van der Waals surface area contributed by atoms with Crippen LogP contribution >= 0.6 is 0 Å². The summed E-state index contributed by atoms with van der Waals surface area (Å²) in [6.07, 6.45) is 2.36. The van der Waals surface area contributed by atoms with Gasteiger partial charge in [0.15, 0.2) is 0 Å². The van der Waals surface area contributed by atoms with E-state index >= 15 is 0 Å². The largest absolute Gasteiger partial charge is 0.396 e. The van der Waals surface area contributed by atoms with Crippen LogP contribution in [0.2, 0.25) is 0 Å². The van der Waals surface area contributed by atoms with Gasteiger partial charge in [-0.2, -0.15) is 0 Å². The molecule has 0 aliphatic carbocycles. The van der Waals surface area contributed by atoms with Crippen LogP contribution in [0.25, 0.3) is 0 Å². The van der Waals surface area contributed by atoms with E-state index < -0.39 is 0 Å². The van der Waals surface area contributed by atoms with Gasteiger partial charge in [0.25, 0.3) is 5.91 Å². The number of pyridine rings is 1. The fourth-order valence-corrected chi connectivity index (χ4v) is 1.87. The van der Waals surface area contributed by atoms with Gasteiger partial charge in [-0.05, 0) is 32.4 Å². The van der Waals surface area contributed by atoms with Crippen LogP contribution in [-0.2, 0) is 0 Å². The SMILES string of the molecule is CC(C)N(CCCO)c1ccnc(C(=O)N(C)C)c1. The highest BCUT2D eigenvalue weighted by Gasteiger charge is 2.14. The first-order valence-corrected chi connectivity index (χ1v) is 6.52. The number of hydrogen-bond donors (Lipinski definition) is 1. The molecule has 0 aliphatic rings. The second-order valence-electron chi connectivity index (χ2n) is 4.96. The molecule has 0 saturated carbocycles. The molecule has 1 N–H and O–H groups in total. The Morgan fingerprint density at radius 1 is 1.42 bits per heavy atom. The Bertz CT molecular complexity index is 419. The van der Waals surface area contributed by atoms with Crippen LogP contribution in [0.1, 0.15) is 30.8 Å². The summed E-state index contributed by atoms with van der Waals surface area (Å²) < 4.78 is 0. The number of anilines is 1. The Labute approximate surface area is 114 Å². The van der Waals surface area contributed by atoms with Gasteiger partial charge in [0, 0.05) is 45.2 Å². The molecule has 0 aliphatic heterocycles. The molecule has 1 aromatic heterocycles. The number of carbonyl (C=O) groups excluding carboxylic acids is 1. The summed E-state index contributed by atoms with van der Waals surface area (Å²) in [5.41, 5.74) is 1.40. The van der Waals surface area contributed by atoms with E-state index in [2.05, 4.69) is 23.7 Å². The zero-order chi connectivity index (χ0) is 14.4. The van der Waals surface area contributed by atoms with E-state index in [9.17, 15) is 4.79 Å². The van der Waals surface area contributed by atoms with Gasteiger partial charge >= 0.3 is 0 Å². The molecule has 0 radical (unpaired) electrons. The van der Waals surface area contributed by atoms with Crippen molar-refractivity contribution in [3.8, 4) is 0 Å². The van der Waals surface area contributed by atoms with Crippen LogP contribution in [-0.4, -0.2) is 54.2 Å². The van der Waals surface area contributed by atoms with Gasteiger partial charge < -0.3 is 14.9 Å². The molecule has 19 heavy (non-hydrogen) atoms. The number of hydrogen-bond acceptors (Lipinski definition) is 4. The maximum atomic E-state index is 11.9. The molecule has 0 spiro atoms. The number of aromatic nitrogens is 1. The lowest BCUT2D eigenvalue weighted by Crippen LogP contribution is -2.32. The summed E-state index contributed by atoms with van der Waals surface area (Å²) in [6.45, 7) is 5.10. The molecule has 1 heterocycles. The predicted octanol–water partition coefficient (Wildman–Crippen LogP) is 1.38. The molecule has 0 unspecified atom stereocenters. The average Bonchev–Trinajstić information content (AvgIpc) is 2.38. The van der Waals surface area contributed by atoms with Crippen molar-refractivity contribution < 1.29 is 9.90 Å². The third kappa shape index (κ3) is 4.21. The van der Waals surface area contributed by atoms with Crippen molar-refractivity contribution in [2.45, 2.75) is 26.3 Å². The quantitative estimate of drug-likeness (QED) is 0.844. The van der Waals surface area contributed by atoms with E-state index in [-0.39, 0.29) is 12.5 Å². The van der Waals surface area contributed by atoms with Crippen molar-refractivity contribution in [1.82, 2.24) is 9.88 Å². The number of rotatable bonds is 6. The van der Waals surface area contributed by atoms with Crippen molar-refractivity contribution in [3.63, 3.8) is 0 Å². The molecular formula is C14H23N3O2. The highest BCUT2D eigenvalue weighted by molar-refractivity contribution is 5.92. The summed E-state index contributed by atoms with van der Waals surface area (Å²) in [5.74, 6) is -0.104. The van der Waals surface area contributed by atoms with Crippen molar-refractivity contribution in [1.29, 1.82) is 0 Å². The summed E-state index contributed by atoms with van der Waals surface area (Å²) in [7, 11) is 3.42. The standard InChI is InChI=1S/C14H23N3O2/c1-11(2)17(8-5-9-18)12-6-7-15-13(10-12)14(19)16(3)4/h6-7,10-11,18H,5,8-9H2,1-4H3. The Hall–Kier alpha value is -1.62. The minimum Gasteiger partial charge on any atom is -0.396 e. The second-order valence-corrected chi connectivity index (χ2v) is 4.96. The van der Waals surface area contributed by atoms with Gasteiger partial charge in [-0.1, -0.05) is 0 Å². The van der Waals surface area contributed by atoms with Crippen molar-refractivity contribution in [3.05, 3.63) is 24.0 Å². The Balaban J connectivity index is 2.98. The molecule has 0 aromatic carbocycles. The molecule has 5 heteroatoms. The second kappa shape index (κ2) is 7.09. The fraction of sp³-hybridized carbons (Fsp3) is 0.571. The summed E-state index contributed by atoms with van der Waals surface area (Å²) in [5, 5.41) is 8.96. The van der Waals surface area contributed by atoms with E-state index in [1.807, 2.05) is 6.07 Å². The number of aliphatic hydroxyl groups excluding tert-OH is 1. The van der Waals surface area contributed by atoms with Crippen molar-refractivity contribution in [2.24, 2.45) is 0 Å². The van der Waals surface area contributed by atoms with Gasteiger partial charge in [0.1, 0.15) is 5.69 Å². The Morgan fingerprint density at radius 2 is 2.11 bits per heavy atom. The highest BCUT2D eigenvalue weighted by Crippen LogP contribution is 2.18. The Kier molecular flexibility index (Phi) is 5.76. The van der Waals surface area contributed by atoms with E-state index in [1.54, 1.807) is 26.4 Å². The van der Waals surface area contributed by atoms with Crippen LogP contribution in [0.4, 0.5) is 5.69 Å². The third-order valence-electron chi connectivity index (χ3n) is 2.88. The summed E-state index contributed by atoms with van der Waals surface area (Å²) in [6, 6.07) is 4.00. The first-order chi connectivity index (χ1) is 8.97. The van der Waals surface area contributed by atoms with Crippen LogP contribution in [0.3, 0.4) is 0 Å². The lowest BCUT2D eigenvalue weighted by atomic mass is 10.2. The first kappa shape index (κ1) is 15.4. The van der Waals surface area contributed by atoms with Gasteiger partial charge in [0.05, 0.1) is 0 Å². The molecule has 0 bridgehead atoms. The topological polar surface area (TPSA) is 56.7 Å². The van der Waals surface area contributed by atoms with Gasteiger partial charge in [-0.3, -0.25) is 9.78 Å². The first-order valence-electron chi connectivity index (χ1n) is 6.52. The monoisotopic (exact) mass is 265 g/mol. The summed E-state index contributed by atoms with van der Waals surface area (Å²) in [4.78, 5) is 19.7. The molecule has 1 aromatic rings. The molecule has 0 atom stereocenters. The minimum absolute atomic E-state index is 0.104. The number of amides is 1. The van der Waals surface area contributed by atoms with Crippen LogP contribution in [0.15, 0.2) is 18.3 Å². The number of aliphatic hydroxyl groups is 1. The van der Waals surface area contributed by atoms with Crippen LogP contribution < -0.4 is 4.90 Å². The van der Waals surface area contributed by atoms with E-state index in [1.165, 1.54) is 4.90 Å². The smallest absolute Gasteiger partial charge is 0.272 e. The molecule has 0 fully saturated rings. The van der Waals surface area contributed by atoms with Crippen molar-refractivity contribution in [2.75, 3.05) is 32.1 Å². The molecule has 106 valence electrons. The average molecular weight is 265 g/mol. The van der Waals surface area contributed by atoms with Crippen LogP contribution in [0, 0.1) is 0 Å². The third-order valence-corrected chi connectivity index (χ3v) is 2.88. The van der Waals surface area contributed by atoms with E-state index in [0.29, 0.717) is 18.2 Å². The maximum Gasteiger partial charge on any atom is 0.272 e. The summed E-state index contributed by atoms with van der Waals surface area (Å²) >= 11 is 0. The predicted molar refractivity (Wildman–Crippen MR) is 76.4 cm³/mol. The number of nitrogens with zero attached hydrogens (tertiary/aromatic N) is 3. The lowest BCUT2D eigenvalue weighted by molar-refractivity contribution is 0.0822. The lowest BCUT2D eigenvalue weighted by Gasteiger charge is -2.29. The van der Waals surface area contributed by atoms with Gasteiger partial charge in [-0.25, -0.2) is 0 Å². The normalized spacial score (nSPS) is 10.6. The molecule has 1 rings (SSSR count). The van der Waals surface area contributed by atoms with E-state index in [4.69, 9.17) is 5.11 Å². The van der Waals surface area contributed by atoms with Crippen LogP contribution in [0.5, 0.6) is 0 Å². The molecular weight excluding hydrogens is 242 g/mol. The molecule has 1 amide bonds. The molecule has 0 saturated heterocycles. The van der Waals surface area contributed by atoms with Crippen molar-refractivity contribution >= 4 is 11.6 Å². The molecule has 5 nitrogen and oxygen atoms in total. The highest BCUT2D eigenvalue weighted by atomic mass is 16.3. The maximum absolute atomic E-state index is 11.9.